The predicted molar refractivity (Wildman–Crippen MR) is 67.3 cm³/mol. The van der Waals surface area contributed by atoms with E-state index in [4.69, 9.17) is 16.3 Å². The molecule has 96 valence electrons. The van der Waals surface area contributed by atoms with Crippen molar-refractivity contribution in [3.05, 3.63) is 11.6 Å². The van der Waals surface area contributed by atoms with Gasteiger partial charge >= 0.3 is 0 Å². The van der Waals surface area contributed by atoms with E-state index in [2.05, 4.69) is 28.6 Å². The highest BCUT2D eigenvalue weighted by molar-refractivity contribution is 6.16. The minimum absolute atomic E-state index is 0.290. The molecule has 1 aliphatic rings. The van der Waals surface area contributed by atoms with Gasteiger partial charge in [-0.25, -0.2) is 0 Å². The molecule has 1 aromatic rings. The Labute approximate surface area is 107 Å². The van der Waals surface area contributed by atoms with Gasteiger partial charge in [0.15, 0.2) is 0 Å². The Hall–Kier alpha value is -0.610. The quantitative estimate of drug-likeness (QED) is 0.762. The van der Waals surface area contributed by atoms with Crippen LogP contribution in [0.2, 0.25) is 0 Å². The molecule has 0 amide bonds. The Morgan fingerprint density at radius 2 is 2.24 bits per heavy atom. The van der Waals surface area contributed by atoms with Crippen molar-refractivity contribution in [1.82, 2.24) is 14.8 Å². The van der Waals surface area contributed by atoms with Crippen LogP contribution in [0.25, 0.3) is 0 Å². The summed E-state index contributed by atoms with van der Waals surface area (Å²) in [5, 5.41) is 8.53. The molecular formula is C12H20ClN3O. The third-order valence-corrected chi connectivity index (χ3v) is 3.61. The number of rotatable bonds is 5. The Balaban J connectivity index is 2.27. The van der Waals surface area contributed by atoms with Crippen molar-refractivity contribution in [2.24, 2.45) is 0 Å². The van der Waals surface area contributed by atoms with Crippen LogP contribution in [0.5, 0.6) is 0 Å². The molecule has 2 atom stereocenters. The van der Waals surface area contributed by atoms with E-state index in [-0.39, 0.29) is 6.10 Å². The van der Waals surface area contributed by atoms with E-state index in [0.717, 1.165) is 44.1 Å². The zero-order valence-electron chi connectivity index (χ0n) is 10.5. The number of nitrogens with zero attached hydrogens (tertiary/aromatic N) is 3. The van der Waals surface area contributed by atoms with Crippen LogP contribution < -0.4 is 0 Å². The van der Waals surface area contributed by atoms with Crippen molar-refractivity contribution < 1.29 is 4.74 Å². The molecule has 2 rings (SSSR count). The van der Waals surface area contributed by atoms with Gasteiger partial charge in [-0.1, -0.05) is 13.8 Å². The molecule has 4 nitrogen and oxygen atoms in total. The van der Waals surface area contributed by atoms with Gasteiger partial charge in [0.05, 0.1) is 12.0 Å². The summed E-state index contributed by atoms with van der Waals surface area (Å²) in [5.41, 5.74) is 0. The molecule has 0 N–H and O–H groups in total. The summed E-state index contributed by atoms with van der Waals surface area (Å²) >= 11 is 5.90. The average Bonchev–Trinajstić information content (AvgIpc) is 2.94. The van der Waals surface area contributed by atoms with Crippen LogP contribution in [0.1, 0.15) is 50.7 Å². The maximum absolute atomic E-state index is 5.90. The van der Waals surface area contributed by atoms with Gasteiger partial charge in [0.2, 0.25) is 0 Å². The maximum Gasteiger partial charge on any atom is 0.147 e. The molecular weight excluding hydrogens is 238 g/mol. The molecule has 17 heavy (non-hydrogen) atoms. The van der Waals surface area contributed by atoms with E-state index in [1.54, 1.807) is 0 Å². The van der Waals surface area contributed by atoms with Gasteiger partial charge < -0.3 is 9.30 Å². The van der Waals surface area contributed by atoms with Gasteiger partial charge in [-0.15, -0.1) is 21.8 Å². The highest BCUT2D eigenvalue weighted by atomic mass is 35.5. The fraction of sp³-hybridized carbons (Fsp3) is 0.833. The van der Waals surface area contributed by atoms with E-state index >= 15 is 0 Å². The van der Waals surface area contributed by atoms with E-state index in [1.165, 1.54) is 0 Å². The van der Waals surface area contributed by atoms with Crippen LogP contribution in [-0.4, -0.2) is 27.5 Å². The second-order valence-electron chi connectivity index (χ2n) is 4.47. The average molecular weight is 258 g/mol. The second kappa shape index (κ2) is 5.83. The van der Waals surface area contributed by atoms with Crippen LogP contribution in [0.3, 0.4) is 0 Å². The van der Waals surface area contributed by atoms with Crippen LogP contribution in [-0.2, 0) is 17.2 Å². The molecule has 0 aromatic carbocycles. The standard InChI is InChI=1S/C12H20ClN3O/c1-3-6-16-11(8-13)14-15-12(16)9-5-7-17-10(9)4-2/h9-10H,3-8H2,1-2H3. The fourth-order valence-electron chi connectivity index (χ4n) is 2.54. The molecule has 0 spiro atoms. The largest absolute Gasteiger partial charge is 0.377 e. The minimum Gasteiger partial charge on any atom is -0.377 e. The molecule has 1 fully saturated rings. The van der Waals surface area contributed by atoms with Crippen molar-refractivity contribution in [3.63, 3.8) is 0 Å². The van der Waals surface area contributed by atoms with Gasteiger partial charge in [-0.3, -0.25) is 0 Å². The first kappa shape index (κ1) is 12.8. The topological polar surface area (TPSA) is 39.9 Å². The van der Waals surface area contributed by atoms with Crippen molar-refractivity contribution in [2.75, 3.05) is 6.61 Å². The molecule has 1 aliphatic heterocycles. The number of aromatic nitrogens is 3. The number of alkyl halides is 1. The van der Waals surface area contributed by atoms with E-state index in [1.807, 2.05) is 0 Å². The smallest absolute Gasteiger partial charge is 0.147 e. The summed E-state index contributed by atoms with van der Waals surface area (Å²) in [7, 11) is 0. The lowest BCUT2D eigenvalue weighted by atomic mass is 9.98. The van der Waals surface area contributed by atoms with Crippen LogP contribution in [0.15, 0.2) is 0 Å². The predicted octanol–water partition coefficient (Wildman–Crippen LogP) is 2.71. The Morgan fingerprint density at radius 3 is 2.88 bits per heavy atom. The van der Waals surface area contributed by atoms with Crippen molar-refractivity contribution >= 4 is 11.6 Å². The number of ether oxygens (including phenoxy) is 1. The number of hydrogen-bond donors (Lipinski definition) is 0. The molecule has 0 radical (unpaired) electrons. The summed E-state index contributed by atoms with van der Waals surface area (Å²) in [5.74, 6) is 2.75. The summed E-state index contributed by atoms with van der Waals surface area (Å²) < 4.78 is 7.91. The summed E-state index contributed by atoms with van der Waals surface area (Å²) in [4.78, 5) is 0. The van der Waals surface area contributed by atoms with E-state index in [9.17, 15) is 0 Å². The Morgan fingerprint density at radius 1 is 1.41 bits per heavy atom. The Bertz CT molecular complexity index is 367. The number of hydrogen-bond acceptors (Lipinski definition) is 3. The van der Waals surface area contributed by atoms with Crippen LogP contribution in [0, 0.1) is 0 Å². The van der Waals surface area contributed by atoms with Crippen molar-refractivity contribution in [3.8, 4) is 0 Å². The SMILES string of the molecule is CCCn1c(CCl)nnc1C1CCOC1CC. The summed E-state index contributed by atoms with van der Waals surface area (Å²) in [6, 6.07) is 0. The zero-order chi connectivity index (χ0) is 12.3. The van der Waals surface area contributed by atoms with Crippen molar-refractivity contribution in [1.29, 1.82) is 0 Å². The maximum atomic E-state index is 5.90. The molecule has 0 aliphatic carbocycles. The van der Waals surface area contributed by atoms with Gasteiger partial charge in [0.1, 0.15) is 11.6 Å². The third kappa shape index (κ3) is 2.47. The lowest BCUT2D eigenvalue weighted by molar-refractivity contribution is 0.0988. The fourth-order valence-corrected chi connectivity index (χ4v) is 2.73. The first-order chi connectivity index (χ1) is 8.31. The first-order valence-corrected chi connectivity index (χ1v) is 6.94. The highest BCUT2D eigenvalue weighted by Crippen LogP contribution is 2.32. The van der Waals surface area contributed by atoms with Crippen LogP contribution >= 0.6 is 11.6 Å². The van der Waals surface area contributed by atoms with E-state index < -0.39 is 0 Å². The van der Waals surface area contributed by atoms with Crippen molar-refractivity contribution in [2.45, 2.75) is 57.6 Å². The molecule has 5 heteroatoms. The van der Waals surface area contributed by atoms with E-state index in [0.29, 0.717) is 11.8 Å². The van der Waals surface area contributed by atoms with Crippen LogP contribution in [0.4, 0.5) is 0 Å². The monoisotopic (exact) mass is 257 g/mol. The highest BCUT2D eigenvalue weighted by Gasteiger charge is 2.32. The molecule has 1 aromatic heterocycles. The number of halogens is 1. The third-order valence-electron chi connectivity index (χ3n) is 3.37. The summed E-state index contributed by atoms with van der Waals surface area (Å²) in [6.07, 6.45) is 3.43. The molecule has 0 bridgehead atoms. The summed E-state index contributed by atoms with van der Waals surface area (Å²) in [6.45, 7) is 6.09. The first-order valence-electron chi connectivity index (χ1n) is 6.41. The minimum atomic E-state index is 0.290. The molecule has 2 unspecified atom stereocenters. The lowest BCUT2D eigenvalue weighted by Gasteiger charge is -2.17. The van der Waals surface area contributed by atoms with Gasteiger partial charge in [0.25, 0.3) is 0 Å². The molecule has 2 heterocycles. The normalized spacial score (nSPS) is 24.4. The van der Waals surface area contributed by atoms with Gasteiger partial charge in [-0.2, -0.15) is 0 Å². The zero-order valence-corrected chi connectivity index (χ0v) is 11.3. The van der Waals surface area contributed by atoms with Gasteiger partial charge in [0, 0.05) is 19.1 Å². The Kier molecular flexibility index (Phi) is 4.40. The molecule has 0 saturated carbocycles. The second-order valence-corrected chi connectivity index (χ2v) is 4.74. The molecule has 1 saturated heterocycles. The van der Waals surface area contributed by atoms with Gasteiger partial charge in [-0.05, 0) is 19.3 Å². The lowest BCUT2D eigenvalue weighted by Crippen LogP contribution is -2.18.